The fourth-order valence-corrected chi connectivity index (χ4v) is 4.08. The molecule has 0 aliphatic carbocycles. The second kappa shape index (κ2) is 6.23. The van der Waals surface area contributed by atoms with Gasteiger partial charge in [-0.1, -0.05) is 0 Å². The zero-order valence-corrected chi connectivity index (χ0v) is 13.4. The van der Waals surface area contributed by atoms with E-state index in [4.69, 9.17) is 4.74 Å². The van der Waals surface area contributed by atoms with Gasteiger partial charge in [0.2, 0.25) is 5.91 Å². The lowest BCUT2D eigenvalue weighted by atomic mass is 9.99. The maximum atomic E-state index is 13.1. The Labute approximate surface area is 128 Å². The number of nitrogens with zero attached hydrogens (tertiary/aromatic N) is 2. The molecule has 21 heavy (non-hydrogen) atoms. The van der Waals surface area contributed by atoms with Crippen LogP contribution < -0.4 is 5.32 Å². The smallest absolute Gasteiger partial charge is 0.240 e. The zero-order chi connectivity index (χ0) is 14.9. The molecule has 0 bridgehead atoms. The second-order valence-corrected chi connectivity index (χ2v) is 7.23. The Morgan fingerprint density at radius 1 is 1.19 bits per heavy atom. The van der Waals surface area contributed by atoms with Gasteiger partial charge in [0.1, 0.15) is 0 Å². The van der Waals surface area contributed by atoms with Crippen LogP contribution in [0.5, 0.6) is 0 Å². The van der Waals surface area contributed by atoms with Gasteiger partial charge in [-0.25, -0.2) is 0 Å². The van der Waals surface area contributed by atoms with Gasteiger partial charge in [0.25, 0.3) is 0 Å². The molecule has 1 amide bonds. The minimum atomic E-state index is -0.169. The fraction of sp³-hybridized carbons (Fsp3) is 0.938. The topological polar surface area (TPSA) is 44.8 Å². The van der Waals surface area contributed by atoms with E-state index in [9.17, 15) is 4.79 Å². The van der Waals surface area contributed by atoms with Crippen molar-refractivity contribution in [1.29, 1.82) is 0 Å². The minimum absolute atomic E-state index is 0.102. The lowest BCUT2D eigenvalue weighted by molar-refractivity contribution is -0.152. The van der Waals surface area contributed by atoms with Crippen LogP contribution in [0.15, 0.2) is 0 Å². The number of hydrogen-bond acceptors (Lipinski definition) is 4. The lowest BCUT2D eigenvalue weighted by Gasteiger charge is -2.45. The molecule has 0 radical (unpaired) electrons. The number of carbonyl (C=O) groups excluding carboxylic acids is 1. The molecule has 1 N–H and O–H groups in total. The predicted molar refractivity (Wildman–Crippen MR) is 82.2 cm³/mol. The molecule has 0 aromatic heterocycles. The number of carbonyl (C=O) groups is 1. The van der Waals surface area contributed by atoms with Crippen molar-refractivity contribution in [2.24, 2.45) is 0 Å². The number of ether oxygens (including phenoxy) is 1. The summed E-state index contributed by atoms with van der Waals surface area (Å²) in [6.07, 6.45) is 4.54. The van der Waals surface area contributed by atoms with E-state index in [1.54, 1.807) is 0 Å². The number of nitrogens with one attached hydrogen (secondary N) is 1. The summed E-state index contributed by atoms with van der Waals surface area (Å²) in [6, 6.07) is 0.692. The number of rotatable bonds is 2. The highest BCUT2D eigenvalue weighted by molar-refractivity contribution is 5.83. The summed E-state index contributed by atoms with van der Waals surface area (Å²) in [7, 11) is 0. The quantitative estimate of drug-likeness (QED) is 0.820. The number of likely N-dealkylation sites (tertiary alicyclic amines) is 1. The van der Waals surface area contributed by atoms with E-state index in [2.05, 4.69) is 29.0 Å². The van der Waals surface area contributed by atoms with E-state index in [1.807, 2.05) is 0 Å². The van der Waals surface area contributed by atoms with Crippen molar-refractivity contribution in [2.45, 2.75) is 57.2 Å². The number of hydrogen-bond donors (Lipinski definition) is 1. The average Bonchev–Trinajstić information content (AvgIpc) is 2.96. The monoisotopic (exact) mass is 295 g/mol. The first-order chi connectivity index (χ1) is 10.1. The van der Waals surface area contributed by atoms with Crippen LogP contribution in [0.3, 0.4) is 0 Å². The van der Waals surface area contributed by atoms with Crippen LogP contribution in [-0.2, 0) is 9.53 Å². The third-order valence-electron chi connectivity index (χ3n) is 5.27. The fourth-order valence-electron chi connectivity index (χ4n) is 4.08. The largest absolute Gasteiger partial charge is 0.377 e. The lowest BCUT2D eigenvalue weighted by Crippen LogP contribution is -2.60. The van der Waals surface area contributed by atoms with E-state index < -0.39 is 0 Å². The van der Waals surface area contributed by atoms with Crippen molar-refractivity contribution in [3.8, 4) is 0 Å². The van der Waals surface area contributed by atoms with E-state index in [0.717, 1.165) is 39.0 Å². The van der Waals surface area contributed by atoms with Crippen LogP contribution in [0.4, 0.5) is 0 Å². The van der Waals surface area contributed by atoms with Crippen LogP contribution in [-0.4, -0.2) is 72.7 Å². The van der Waals surface area contributed by atoms with Crippen molar-refractivity contribution >= 4 is 5.91 Å². The standard InChI is InChI=1S/C16H29N3O2/c1-16(2)12-21-11-10-19(16)15(20)14-4-3-9-18(14)13-5-7-17-8-6-13/h13-14,17H,3-12H2,1-2H3. The Morgan fingerprint density at radius 3 is 2.67 bits per heavy atom. The SMILES string of the molecule is CC1(C)COCCN1C(=O)C1CCCN1C1CCNCC1. The summed E-state index contributed by atoms with van der Waals surface area (Å²) in [4.78, 5) is 17.6. The summed E-state index contributed by atoms with van der Waals surface area (Å²) in [5, 5.41) is 3.42. The van der Waals surface area contributed by atoms with E-state index in [0.29, 0.717) is 25.2 Å². The van der Waals surface area contributed by atoms with E-state index in [1.165, 1.54) is 12.8 Å². The molecule has 120 valence electrons. The van der Waals surface area contributed by atoms with Crippen molar-refractivity contribution in [1.82, 2.24) is 15.1 Å². The molecule has 1 atom stereocenters. The Bertz CT molecular complexity index is 380. The van der Waals surface area contributed by atoms with Gasteiger partial charge in [-0.15, -0.1) is 0 Å². The summed E-state index contributed by atoms with van der Waals surface area (Å²) >= 11 is 0. The number of morpholine rings is 1. The van der Waals surface area contributed by atoms with E-state index >= 15 is 0 Å². The molecule has 5 heteroatoms. The number of piperidine rings is 1. The maximum absolute atomic E-state index is 13.1. The highest BCUT2D eigenvalue weighted by Crippen LogP contribution is 2.29. The van der Waals surface area contributed by atoms with Crippen LogP contribution in [0, 0.1) is 0 Å². The summed E-state index contributed by atoms with van der Waals surface area (Å²) in [6.45, 7) is 9.57. The van der Waals surface area contributed by atoms with Gasteiger partial charge < -0.3 is 15.0 Å². The van der Waals surface area contributed by atoms with Gasteiger partial charge in [-0.2, -0.15) is 0 Å². The van der Waals surface area contributed by atoms with Crippen molar-refractivity contribution < 1.29 is 9.53 Å². The van der Waals surface area contributed by atoms with Crippen LogP contribution >= 0.6 is 0 Å². The first kappa shape index (κ1) is 15.3. The Kier molecular flexibility index (Phi) is 4.52. The highest BCUT2D eigenvalue weighted by atomic mass is 16.5. The molecule has 3 aliphatic heterocycles. The molecule has 3 aliphatic rings. The normalized spacial score (nSPS) is 31.5. The molecule has 0 aromatic carbocycles. The maximum Gasteiger partial charge on any atom is 0.240 e. The second-order valence-electron chi connectivity index (χ2n) is 7.23. The molecule has 3 rings (SSSR count). The van der Waals surface area contributed by atoms with Crippen molar-refractivity contribution in [2.75, 3.05) is 39.4 Å². The Hall–Kier alpha value is -0.650. The molecule has 3 heterocycles. The molecule has 5 nitrogen and oxygen atoms in total. The summed E-state index contributed by atoms with van der Waals surface area (Å²) in [5.41, 5.74) is -0.169. The molecule has 1 unspecified atom stereocenters. The molecular weight excluding hydrogens is 266 g/mol. The highest BCUT2D eigenvalue weighted by Gasteiger charge is 2.42. The molecule has 0 spiro atoms. The third-order valence-corrected chi connectivity index (χ3v) is 5.27. The summed E-state index contributed by atoms with van der Waals surface area (Å²) < 4.78 is 5.56. The third kappa shape index (κ3) is 3.10. The molecule has 3 fully saturated rings. The van der Waals surface area contributed by atoms with Crippen molar-refractivity contribution in [3.63, 3.8) is 0 Å². The molecule has 3 saturated heterocycles. The predicted octanol–water partition coefficient (Wildman–Crippen LogP) is 0.840. The molecule has 0 saturated carbocycles. The Morgan fingerprint density at radius 2 is 1.95 bits per heavy atom. The molecule has 0 aromatic rings. The average molecular weight is 295 g/mol. The van der Waals surface area contributed by atoms with Gasteiger partial charge in [0, 0.05) is 12.6 Å². The Balaban J connectivity index is 1.70. The zero-order valence-electron chi connectivity index (χ0n) is 13.4. The van der Waals surface area contributed by atoms with Gasteiger partial charge >= 0.3 is 0 Å². The molecular formula is C16H29N3O2. The van der Waals surface area contributed by atoms with Gasteiger partial charge in [0.15, 0.2) is 0 Å². The van der Waals surface area contributed by atoms with Crippen LogP contribution in [0.1, 0.15) is 39.5 Å². The van der Waals surface area contributed by atoms with Crippen molar-refractivity contribution in [3.05, 3.63) is 0 Å². The van der Waals surface area contributed by atoms with Crippen LogP contribution in [0.25, 0.3) is 0 Å². The van der Waals surface area contributed by atoms with Gasteiger partial charge in [-0.3, -0.25) is 9.69 Å². The van der Waals surface area contributed by atoms with Gasteiger partial charge in [0.05, 0.1) is 24.8 Å². The minimum Gasteiger partial charge on any atom is -0.377 e. The first-order valence-corrected chi connectivity index (χ1v) is 8.45. The number of amides is 1. The summed E-state index contributed by atoms with van der Waals surface area (Å²) in [5.74, 6) is 0.333. The van der Waals surface area contributed by atoms with Crippen LogP contribution in [0.2, 0.25) is 0 Å². The van der Waals surface area contributed by atoms with E-state index in [-0.39, 0.29) is 11.6 Å². The first-order valence-electron chi connectivity index (χ1n) is 8.45. The van der Waals surface area contributed by atoms with Gasteiger partial charge in [-0.05, 0) is 59.2 Å².